The van der Waals surface area contributed by atoms with Crippen molar-refractivity contribution in [2.45, 2.75) is 19.4 Å². The second kappa shape index (κ2) is 3.54. The van der Waals surface area contributed by atoms with Crippen molar-refractivity contribution in [1.82, 2.24) is 10.3 Å². The van der Waals surface area contributed by atoms with Crippen LogP contribution in [0, 0.1) is 0 Å². The van der Waals surface area contributed by atoms with Gasteiger partial charge in [0, 0.05) is 10.7 Å². The molecule has 0 radical (unpaired) electrons. The SMILES string of the molecule is CNC(C)(C)c1ncccc1Br. The van der Waals surface area contributed by atoms with E-state index in [-0.39, 0.29) is 5.54 Å². The van der Waals surface area contributed by atoms with Crippen LogP contribution in [0.5, 0.6) is 0 Å². The monoisotopic (exact) mass is 228 g/mol. The van der Waals surface area contributed by atoms with Crippen LogP contribution in [0.1, 0.15) is 19.5 Å². The molecule has 12 heavy (non-hydrogen) atoms. The van der Waals surface area contributed by atoms with Crippen molar-refractivity contribution in [2.24, 2.45) is 0 Å². The van der Waals surface area contributed by atoms with Crippen molar-refractivity contribution in [3.05, 3.63) is 28.5 Å². The summed E-state index contributed by atoms with van der Waals surface area (Å²) in [6, 6.07) is 3.92. The van der Waals surface area contributed by atoms with Crippen LogP contribution < -0.4 is 5.32 Å². The third-order valence-electron chi connectivity index (χ3n) is 1.98. The Morgan fingerprint density at radius 3 is 2.67 bits per heavy atom. The van der Waals surface area contributed by atoms with E-state index in [0.29, 0.717) is 0 Å². The molecule has 1 rings (SSSR count). The van der Waals surface area contributed by atoms with Crippen LogP contribution in [0.15, 0.2) is 22.8 Å². The van der Waals surface area contributed by atoms with Crippen molar-refractivity contribution in [3.63, 3.8) is 0 Å². The van der Waals surface area contributed by atoms with Gasteiger partial charge in [-0.2, -0.15) is 0 Å². The van der Waals surface area contributed by atoms with E-state index in [1.807, 2.05) is 19.2 Å². The van der Waals surface area contributed by atoms with Gasteiger partial charge < -0.3 is 5.32 Å². The number of hydrogen-bond donors (Lipinski definition) is 1. The van der Waals surface area contributed by atoms with E-state index in [2.05, 4.69) is 40.1 Å². The summed E-state index contributed by atoms with van der Waals surface area (Å²) in [6.45, 7) is 4.19. The maximum Gasteiger partial charge on any atom is 0.0740 e. The molecule has 0 aliphatic carbocycles. The van der Waals surface area contributed by atoms with Crippen LogP contribution in [-0.2, 0) is 5.54 Å². The summed E-state index contributed by atoms with van der Waals surface area (Å²) in [4.78, 5) is 4.31. The lowest BCUT2D eigenvalue weighted by Crippen LogP contribution is -2.34. The van der Waals surface area contributed by atoms with Crippen molar-refractivity contribution >= 4 is 15.9 Å². The van der Waals surface area contributed by atoms with Gasteiger partial charge in [-0.1, -0.05) is 0 Å². The molecule has 0 aliphatic heterocycles. The van der Waals surface area contributed by atoms with Crippen molar-refractivity contribution in [1.29, 1.82) is 0 Å². The maximum absolute atomic E-state index is 4.31. The Balaban J connectivity index is 3.10. The van der Waals surface area contributed by atoms with E-state index < -0.39 is 0 Å². The Kier molecular flexibility index (Phi) is 2.85. The molecule has 0 saturated carbocycles. The van der Waals surface area contributed by atoms with E-state index in [4.69, 9.17) is 0 Å². The normalized spacial score (nSPS) is 11.7. The number of rotatable bonds is 2. The van der Waals surface area contributed by atoms with Gasteiger partial charge in [-0.15, -0.1) is 0 Å². The minimum absolute atomic E-state index is 0.0832. The molecule has 1 N–H and O–H groups in total. The molecule has 0 saturated heterocycles. The Morgan fingerprint density at radius 1 is 1.50 bits per heavy atom. The molecule has 0 unspecified atom stereocenters. The van der Waals surface area contributed by atoms with E-state index in [9.17, 15) is 0 Å². The molecule has 0 bridgehead atoms. The molecule has 66 valence electrons. The Bertz CT molecular complexity index is 271. The van der Waals surface area contributed by atoms with E-state index in [1.165, 1.54) is 0 Å². The third-order valence-corrected chi connectivity index (χ3v) is 2.62. The molecule has 0 fully saturated rings. The van der Waals surface area contributed by atoms with Gasteiger partial charge in [0.05, 0.1) is 11.2 Å². The number of hydrogen-bond acceptors (Lipinski definition) is 2. The topological polar surface area (TPSA) is 24.9 Å². The highest BCUT2D eigenvalue weighted by atomic mass is 79.9. The first-order chi connectivity index (χ1) is 5.58. The summed E-state index contributed by atoms with van der Waals surface area (Å²) in [6.07, 6.45) is 1.80. The number of pyridine rings is 1. The van der Waals surface area contributed by atoms with E-state index in [1.54, 1.807) is 6.20 Å². The third kappa shape index (κ3) is 1.84. The average Bonchev–Trinajstić information content (AvgIpc) is 2.05. The van der Waals surface area contributed by atoms with Gasteiger partial charge in [-0.25, -0.2) is 0 Å². The number of halogens is 1. The zero-order valence-electron chi connectivity index (χ0n) is 7.56. The van der Waals surface area contributed by atoms with Gasteiger partial charge in [0.25, 0.3) is 0 Å². The van der Waals surface area contributed by atoms with Crippen molar-refractivity contribution in [3.8, 4) is 0 Å². The number of nitrogens with zero attached hydrogens (tertiary/aromatic N) is 1. The van der Waals surface area contributed by atoms with Crippen LogP contribution in [0.4, 0.5) is 0 Å². The zero-order valence-corrected chi connectivity index (χ0v) is 9.14. The minimum atomic E-state index is -0.0832. The zero-order chi connectivity index (χ0) is 9.19. The number of nitrogens with one attached hydrogen (secondary N) is 1. The van der Waals surface area contributed by atoms with Gasteiger partial charge in [-0.05, 0) is 49.0 Å². The molecule has 1 aromatic rings. The lowest BCUT2D eigenvalue weighted by atomic mass is 10.0. The molecular weight excluding hydrogens is 216 g/mol. The highest BCUT2D eigenvalue weighted by molar-refractivity contribution is 9.10. The quantitative estimate of drug-likeness (QED) is 0.841. The van der Waals surface area contributed by atoms with Gasteiger partial charge in [0.15, 0.2) is 0 Å². The molecular formula is C9H13BrN2. The molecule has 0 amide bonds. The fourth-order valence-corrected chi connectivity index (χ4v) is 1.71. The first-order valence-electron chi connectivity index (χ1n) is 3.88. The minimum Gasteiger partial charge on any atom is -0.310 e. The molecule has 1 heterocycles. The standard InChI is InChI=1S/C9H13BrN2/c1-9(2,11-3)8-7(10)5-4-6-12-8/h4-6,11H,1-3H3. The van der Waals surface area contributed by atoms with Crippen LogP contribution in [0.25, 0.3) is 0 Å². The molecule has 0 aromatic carbocycles. The second-order valence-corrected chi connectivity index (χ2v) is 4.06. The second-order valence-electron chi connectivity index (χ2n) is 3.21. The highest BCUT2D eigenvalue weighted by Crippen LogP contribution is 2.24. The van der Waals surface area contributed by atoms with Crippen LogP contribution in [0.3, 0.4) is 0 Å². The Labute approximate surface area is 81.5 Å². The number of aromatic nitrogens is 1. The van der Waals surface area contributed by atoms with Crippen LogP contribution >= 0.6 is 15.9 Å². The largest absolute Gasteiger partial charge is 0.310 e. The molecule has 0 atom stereocenters. The summed E-state index contributed by atoms with van der Waals surface area (Å²) >= 11 is 3.47. The fourth-order valence-electron chi connectivity index (χ4n) is 0.964. The van der Waals surface area contributed by atoms with Gasteiger partial charge in [0.2, 0.25) is 0 Å². The van der Waals surface area contributed by atoms with Gasteiger partial charge >= 0.3 is 0 Å². The summed E-state index contributed by atoms with van der Waals surface area (Å²) in [5.74, 6) is 0. The van der Waals surface area contributed by atoms with Gasteiger partial charge in [0.1, 0.15) is 0 Å². The van der Waals surface area contributed by atoms with Crippen molar-refractivity contribution < 1.29 is 0 Å². The maximum atomic E-state index is 4.31. The molecule has 0 spiro atoms. The van der Waals surface area contributed by atoms with Crippen LogP contribution in [-0.4, -0.2) is 12.0 Å². The summed E-state index contributed by atoms with van der Waals surface area (Å²) in [5, 5.41) is 3.21. The summed E-state index contributed by atoms with van der Waals surface area (Å²) < 4.78 is 1.05. The fraction of sp³-hybridized carbons (Fsp3) is 0.444. The highest BCUT2D eigenvalue weighted by Gasteiger charge is 2.21. The van der Waals surface area contributed by atoms with E-state index >= 15 is 0 Å². The van der Waals surface area contributed by atoms with Crippen molar-refractivity contribution in [2.75, 3.05) is 7.05 Å². The average molecular weight is 229 g/mol. The first-order valence-corrected chi connectivity index (χ1v) is 4.67. The molecule has 1 aromatic heterocycles. The molecule has 2 nitrogen and oxygen atoms in total. The predicted octanol–water partition coefficient (Wildman–Crippen LogP) is 2.30. The first kappa shape index (κ1) is 9.68. The predicted molar refractivity (Wildman–Crippen MR) is 54.0 cm³/mol. The Morgan fingerprint density at radius 2 is 2.17 bits per heavy atom. The smallest absolute Gasteiger partial charge is 0.0740 e. The summed E-state index contributed by atoms with van der Waals surface area (Å²) in [5.41, 5.74) is 0.951. The van der Waals surface area contributed by atoms with Gasteiger partial charge in [-0.3, -0.25) is 4.98 Å². The van der Waals surface area contributed by atoms with Crippen LogP contribution in [0.2, 0.25) is 0 Å². The lowest BCUT2D eigenvalue weighted by Gasteiger charge is -2.24. The van der Waals surface area contributed by atoms with E-state index in [0.717, 1.165) is 10.2 Å². The molecule has 0 aliphatic rings. The Hall–Kier alpha value is -0.410. The lowest BCUT2D eigenvalue weighted by molar-refractivity contribution is 0.429. The summed E-state index contributed by atoms with van der Waals surface area (Å²) in [7, 11) is 1.93. The molecule has 3 heteroatoms.